The average Bonchev–Trinajstić information content (AvgIpc) is 2.94. The lowest BCUT2D eigenvalue weighted by atomic mass is 9.94. The third-order valence-corrected chi connectivity index (χ3v) is 7.12. The highest BCUT2D eigenvalue weighted by Gasteiger charge is 2.30. The van der Waals surface area contributed by atoms with Crippen molar-refractivity contribution in [2.75, 3.05) is 44.6 Å². The van der Waals surface area contributed by atoms with E-state index >= 15 is 0 Å². The monoisotopic (exact) mass is 542 g/mol. The molecule has 1 saturated heterocycles. The number of rotatable bonds is 8. The summed E-state index contributed by atoms with van der Waals surface area (Å²) in [7, 11) is 0. The summed E-state index contributed by atoms with van der Waals surface area (Å²) in [6, 6.07) is 26.6. The maximum atomic E-state index is 12.9. The highest BCUT2D eigenvalue weighted by Crippen LogP contribution is 2.32. The van der Waals surface area contributed by atoms with E-state index in [1.165, 1.54) is 0 Å². The number of carbonyl (C=O) groups is 2. The zero-order chi connectivity index (χ0) is 28.7. The number of piperazine rings is 1. The third kappa shape index (κ3) is 7.42. The van der Waals surface area contributed by atoms with E-state index in [1.807, 2.05) is 82.0 Å². The molecule has 1 N–H and O–H groups in total. The number of hydrogen-bond donors (Lipinski definition) is 1. The van der Waals surface area contributed by atoms with E-state index in [-0.39, 0.29) is 18.0 Å². The predicted octanol–water partition coefficient (Wildman–Crippen LogP) is 6.55. The maximum absolute atomic E-state index is 12.9. The molecule has 0 bridgehead atoms. The van der Waals surface area contributed by atoms with E-state index in [2.05, 4.69) is 46.6 Å². The van der Waals surface area contributed by atoms with Crippen LogP contribution in [-0.4, -0.2) is 71.6 Å². The van der Waals surface area contributed by atoms with Crippen molar-refractivity contribution in [3.8, 4) is 0 Å². The second-order valence-corrected chi connectivity index (χ2v) is 11.1. The summed E-state index contributed by atoms with van der Waals surface area (Å²) < 4.78 is 5.61. The average molecular weight is 543 g/mol. The molecule has 4 rings (SSSR count). The molecule has 1 aliphatic rings. The first-order chi connectivity index (χ1) is 19.2. The minimum absolute atomic E-state index is 0.0316. The van der Waals surface area contributed by atoms with Gasteiger partial charge < -0.3 is 19.9 Å². The molecule has 0 aliphatic carbocycles. The van der Waals surface area contributed by atoms with Crippen molar-refractivity contribution in [3.63, 3.8) is 0 Å². The Labute approximate surface area is 238 Å². The van der Waals surface area contributed by atoms with Gasteiger partial charge in [-0.1, -0.05) is 42.5 Å². The molecule has 1 aliphatic heterocycles. The van der Waals surface area contributed by atoms with E-state index in [1.54, 1.807) is 4.90 Å². The number of nitrogens with zero attached hydrogens (tertiary/aromatic N) is 3. The molecule has 0 saturated carbocycles. The Morgan fingerprint density at radius 2 is 1.45 bits per heavy atom. The molecular weight excluding hydrogens is 500 g/mol. The van der Waals surface area contributed by atoms with Crippen LogP contribution in [0.5, 0.6) is 0 Å². The lowest BCUT2D eigenvalue weighted by Gasteiger charge is -2.40. The smallest absolute Gasteiger partial charge is 0.410 e. The number of para-hydroxylation sites is 1. The Bertz CT molecular complexity index is 1260. The van der Waals surface area contributed by atoms with Crippen molar-refractivity contribution in [1.82, 2.24) is 14.7 Å². The summed E-state index contributed by atoms with van der Waals surface area (Å²) in [4.78, 5) is 31.7. The number of nitrogens with one attached hydrogen (secondary N) is 1. The van der Waals surface area contributed by atoms with Gasteiger partial charge in [-0.15, -0.1) is 0 Å². The molecule has 40 heavy (non-hydrogen) atoms. The number of ether oxygens (including phenoxy) is 1. The summed E-state index contributed by atoms with van der Waals surface area (Å²) >= 11 is 0. The molecule has 3 aromatic carbocycles. The minimum atomic E-state index is -0.521. The van der Waals surface area contributed by atoms with Crippen LogP contribution in [0.3, 0.4) is 0 Å². The lowest BCUT2D eigenvalue weighted by Crippen LogP contribution is -2.51. The van der Waals surface area contributed by atoms with Crippen molar-refractivity contribution in [2.45, 2.75) is 46.3 Å². The molecule has 1 heterocycles. The summed E-state index contributed by atoms with van der Waals surface area (Å²) in [5.74, 6) is 0.0492. The Balaban J connectivity index is 1.60. The fourth-order valence-corrected chi connectivity index (χ4v) is 5.08. The van der Waals surface area contributed by atoms with Crippen LogP contribution in [0.25, 0.3) is 0 Å². The van der Waals surface area contributed by atoms with Gasteiger partial charge in [0.05, 0.1) is 6.04 Å². The largest absolute Gasteiger partial charge is 0.444 e. The number of benzene rings is 3. The first kappa shape index (κ1) is 29.2. The molecule has 7 heteroatoms. The van der Waals surface area contributed by atoms with E-state index < -0.39 is 5.60 Å². The van der Waals surface area contributed by atoms with Gasteiger partial charge in [-0.2, -0.15) is 0 Å². The Morgan fingerprint density at radius 1 is 0.825 bits per heavy atom. The van der Waals surface area contributed by atoms with Gasteiger partial charge in [0.2, 0.25) is 0 Å². The maximum Gasteiger partial charge on any atom is 0.410 e. The van der Waals surface area contributed by atoms with Crippen LogP contribution in [0.4, 0.5) is 16.2 Å². The molecule has 0 spiro atoms. The molecule has 2 amide bonds. The SMILES string of the molecule is CCN(CC)C(=O)c1ccc([C@H](c2cccc(Nc3ccccc3)c2)N2CCN(C(=O)OC(C)(C)C)CC2)cc1. The van der Waals surface area contributed by atoms with Gasteiger partial charge >= 0.3 is 6.09 Å². The van der Waals surface area contributed by atoms with Gasteiger partial charge in [0.25, 0.3) is 5.91 Å². The van der Waals surface area contributed by atoms with Gasteiger partial charge in [0.15, 0.2) is 0 Å². The molecule has 0 aromatic heterocycles. The van der Waals surface area contributed by atoms with Gasteiger partial charge in [0, 0.05) is 56.2 Å². The number of carbonyl (C=O) groups excluding carboxylic acids is 2. The van der Waals surface area contributed by atoms with Gasteiger partial charge in [0.1, 0.15) is 5.60 Å². The molecule has 0 radical (unpaired) electrons. The van der Waals surface area contributed by atoms with Crippen LogP contribution in [0.2, 0.25) is 0 Å². The Morgan fingerprint density at radius 3 is 2.05 bits per heavy atom. The number of hydrogen-bond acceptors (Lipinski definition) is 5. The van der Waals surface area contributed by atoms with Crippen molar-refractivity contribution in [1.29, 1.82) is 0 Å². The summed E-state index contributed by atoms with van der Waals surface area (Å²) in [6.45, 7) is 13.6. The topological polar surface area (TPSA) is 65.1 Å². The molecule has 1 atom stereocenters. The highest BCUT2D eigenvalue weighted by molar-refractivity contribution is 5.94. The van der Waals surface area contributed by atoms with Crippen molar-refractivity contribution < 1.29 is 14.3 Å². The van der Waals surface area contributed by atoms with E-state index in [0.29, 0.717) is 44.8 Å². The standard InChI is InChI=1S/C33H42N4O3/c1-6-35(7-2)31(38)26-18-16-25(17-19-26)30(36-20-22-37(23-21-36)32(39)40-33(3,4)5)27-12-11-15-29(24-27)34-28-13-9-8-10-14-28/h8-19,24,30,34H,6-7,20-23H2,1-5H3/t30-/m1/s1. The molecule has 0 unspecified atom stereocenters. The zero-order valence-electron chi connectivity index (χ0n) is 24.4. The van der Waals surface area contributed by atoms with Crippen molar-refractivity contribution in [3.05, 3.63) is 95.6 Å². The van der Waals surface area contributed by atoms with Crippen molar-refractivity contribution in [2.24, 2.45) is 0 Å². The fraction of sp³-hybridized carbons (Fsp3) is 0.394. The van der Waals surface area contributed by atoms with Gasteiger partial charge in [-0.3, -0.25) is 9.69 Å². The molecule has 7 nitrogen and oxygen atoms in total. The molecular formula is C33H42N4O3. The van der Waals surface area contributed by atoms with Crippen LogP contribution in [-0.2, 0) is 4.74 Å². The lowest BCUT2D eigenvalue weighted by molar-refractivity contribution is 0.0119. The number of amides is 2. The second kappa shape index (κ2) is 13.0. The molecule has 3 aromatic rings. The van der Waals surface area contributed by atoms with Gasteiger partial charge in [-0.05, 0) is 82.1 Å². The van der Waals surface area contributed by atoms with Crippen molar-refractivity contribution >= 4 is 23.4 Å². The Hall–Kier alpha value is -3.84. The molecule has 212 valence electrons. The zero-order valence-corrected chi connectivity index (χ0v) is 24.4. The molecule has 1 fully saturated rings. The van der Waals surface area contributed by atoms with Crippen LogP contribution < -0.4 is 5.32 Å². The van der Waals surface area contributed by atoms with Crippen LogP contribution in [0.1, 0.15) is 62.1 Å². The summed E-state index contributed by atoms with van der Waals surface area (Å²) in [6.07, 6.45) is -0.267. The summed E-state index contributed by atoms with van der Waals surface area (Å²) in [5, 5.41) is 3.51. The normalized spacial score (nSPS) is 14.9. The first-order valence-electron chi connectivity index (χ1n) is 14.2. The van der Waals surface area contributed by atoms with Crippen LogP contribution >= 0.6 is 0 Å². The fourth-order valence-electron chi connectivity index (χ4n) is 5.08. The Kier molecular flexibility index (Phi) is 9.48. The third-order valence-electron chi connectivity index (χ3n) is 7.12. The highest BCUT2D eigenvalue weighted by atomic mass is 16.6. The van der Waals surface area contributed by atoms with Crippen LogP contribution in [0.15, 0.2) is 78.9 Å². The van der Waals surface area contributed by atoms with Crippen LogP contribution in [0, 0.1) is 0 Å². The second-order valence-electron chi connectivity index (χ2n) is 11.1. The van der Waals surface area contributed by atoms with E-state index in [9.17, 15) is 9.59 Å². The predicted molar refractivity (Wildman–Crippen MR) is 161 cm³/mol. The van der Waals surface area contributed by atoms with E-state index in [0.717, 1.165) is 22.5 Å². The minimum Gasteiger partial charge on any atom is -0.444 e. The number of anilines is 2. The summed E-state index contributed by atoms with van der Waals surface area (Å²) in [5.41, 5.74) is 4.47. The van der Waals surface area contributed by atoms with Gasteiger partial charge in [-0.25, -0.2) is 4.79 Å². The van der Waals surface area contributed by atoms with E-state index in [4.69, 9.17) is 4.74 Å². The quantitative estimate of drug-likeness (QED) is 0.350. The first-order valence-corrected chi connectivity index (χ1v) is 14.2.